The summed E-state index contributed by atoms with van der Waals surface area (Å²) in [7, 11) is 0. The number of nitrogens with zero attached hydrogens (tertiary/aromatic N) is 2. The lowest BCUT2D eigenvalue weighted by molar-refractivity contribution is -0.119. The lowest BCUT2D eigenvalue weighted by Gasteiger charge is -2.38. The van der Waals surface area contributed by atoms with Crippen LogP contribution in [0.25, 0.3) is 10.2 Å². The Labute approximate surface area is 174 Å². The molecule has 3 heterocycles. The molecule has 6 heteroatoms. The van der Waals surface area contributed by atoms with Gasteiger partial charge in [-0.3, -0.25) is 9.69 Å². The Hall–Kier alpha value is -2.44. The van der Waals surface area contributed by atoms with Crippen LogP contribution in [0.5, 0.6) is 10.9 Å². The minimum atomic E-state index is -0.161. The van der Waals surface area contributed by atoms with E-state index in [9.17, 15) is 4.79 Å². The number of nitrogens with two attached hydrogens (primary N) is 1. The number of aromatic nitrogens is 1. The first-order valence-electron chi connectivity index (χ1n) is 10.3. The molecule has 2 aliphatic rings. The maximum Gasteiger partial charge on any atom is 0.279 e. The molecule has 2 aliphatic heterocycles. The van der Waals surface area contributed by atoms with Gasteiger partial charge < -0.3 is 10.5 Å². The molecule has 5 rings (SSSR count). The number of carbonyl (C=O) groups is 1. The summed E-state index contributed by atoms with van der Waals surface area (Å²) in [5, 5.41) is 0.675. The van der Waals surface area contributed by atoms with Gasteiger partial charge in [-0.1, -0.05) is 35.6 Å². The van der Waals surface area contributed by atoms with Gasteiger partial charge in [0, 0.05) is 25.0 Å². The van der Waals surface area contributed by atoms with Crippen LogP contribution < -0.4 is 10.5 Å². The molecule has 2 unspecified atom stereocenters. The zero-order valence-corrected chi connectivity index (χ0v) is 17.1. The van der Waals surface area contributed by atoms with E-state index >= 15 is 0 Å². The Morgan fingerprint density at radius 2 is 1.83 bits per heavy atom. The highest BCUT2D eigenvalue weighted by Gasteiger charge is 2.40. The number of primary amides is 1. The average molecular weight is 408 g/mol. The topological polar surface area (TPSA) is 68.5 Å². The molecular weight excluding hydrogens is 382 g/mol. The van der Waals surface area contributed by atoms with E-state index in [1.165, 1.54) is 18.4 Å². The van der Waals surface area contributed by atoms with Gasteiger partial charge in [0.1, 0.15) is 5.75 Å². The van der Waals surface area contributed by atoms with E-state index in [1.807, 2.05) is 30.3 Å². The van der Waals surface area contributed by atoms with Crippen LogP contribution in [0.3, 0.4) is 0 Å². The van der Waals surface area contributed by atoms with Crippen molar-refractivity contribution < 1.29 is 9.53 Å². The lowest BCUT2D eigenvalue weighted by Crippen LogP contribution is -2.43. The first kappa shape index (κ1) is 18.6. The summed E-state index contributed by atoms with van der Waals surface area (Å²) in [6, 6.07) is 17.6. The normalized spacial score (nSPS) is 24.1. The Kier molecular flexibility index (Phi) is 4.97. The molecule has 0 spiro atoms. The highest BCUT2D eigenvalue weighted by atomic mass is 32.1. The molecular formula is C23H25N3O2S. The summed E-state index contributed by atoms with van der Waals surface area (Å²) in [4.78, 5) is 18.4. The molecule has 1 aromatic heterocycles. The molecule has 2 N–H and O–H groups in total. The van der Waals surface area contributed by atoms with Crippen molar-refractivity contribution in [3.63, 3.8) is 0 Å². The Morgan fingerprint density at radius 3 is 2.52 bits per heavy atom. The maximum atomic E-state index is 11.3. The van der Waals surface area contributed by atoms with Crippen molar-refractivity contribution in [3.05, 3.63) is 54.1 Å². The fourth-order valence-electron chi connectivity index (χ4n) is 4.97. The maximum absolute atomic E-state index is 11.3. The Bertz CT molecular complexity index is 969. The van der Waals surface area contributed by atoms with E-state index in [-0.39, 0.29) is 5.91 Å². The van der Waals surface area contributed by atoms with Crippen molar-refractivity contribution in [2.75, 3.05) is 0 Å². The number of hydrogen-bond acceptors (Lipinski definition) is 5. The highest BCUT2D eigenvalue weighted by Crippen LogP contribution is 2.40. The molecule has 2 aromatic carbocycles. The third kappa shape index (κ3) is 4.00. The molecule has 5 nitrogen and oxygen atoms in total. The van der Waals surface area contributed by atoms with Crippen LogP contribution in [0.15, 0.2) is 48.5 Å². The monoisotopic (exact) mass is 407 g/mol. The standard InChI is InChI=1S/C23H25N3O2S/c24-22(27)13-16-11-17-7-8-18(12-16)26(17)14-15-5-9-19(10-6-15)28-23-25-20-3-1-2-4-21(20)29-23/h1-6,9-10,16-18H,7-8,11-14H2,(H2,24,27). The molecule has 150 valence electrons. The van der Waals surface area contributed by atoms with Gasteiger partial charge in [0.15, 0.2) is 0 Å². The number of fused-ring (bicyclic) bond motifs is 3. The van der Waals surface area contributed by atoms with Crippen molar-refractivity contribution in [2.45, 2.75) is 50.7 Å². The summed E-state index contributed by atoms with van der Waals surface area (Å²) in [6.07, 6.45) is 5.20. The van der Waals surface area contributed by atoms with Crippen LogP contribution in [0, 0.1) is 5.92 Å². The summed E-state index contributed by atoms with van der Waals surface area (Å²) >= 11 is 1.56. The van der Waals surface area contributed by atoms with Crippen LogP contribution >= 0.6 is 11.3 Å². The number of para-hydroxylation sites is 1. The van der Waals surface area contributed by atoms with Crippen LogP contribution in [0.4, 0.5) is 0 Å². The second kappa shape index (κ2) is 7.76. The Morgan fingerprint density at radius 1 is 1.10 bits per heavy atom. The molecule has 0 aliphatic carbocycles. The van der Waals surface area contributed by atoms with Gasteiger partial charge in [-0.15, -0.1) is 0 Å². The molecule has 1 amide bonds. The average Bonchev–Trinajstić information content (AvgIpc) is 3.20. The quantitative estimate of drug-likeness (QED) is 0.643. The van der Waals surface area contributed by atoms with Gasteiger partial charge in [-0.2, -0.15) is 0 Å². The number of thiazole rings is 1. The third-order valence-electron chi connectivity index (χ3n) is 6.24. The van der Waals surface area contributed by atoms with E-state index < -0.39 is 0 Å². The van der Waals surface area contributed by atoms with E-state index in [0.717, 1.165) is 35.4 Å². The second-order valence-electron chi connectivity index (χ2n) is 8.26. The number of rotatable bonds is 6. The van der Waals surface area contributed by atoms with Crippen LogP contribution in [-0.2, 0) is 11.3 Å². The minimum absolute atomic E-state index is 0.161. The predicted octanol–water partition coefficient (Wildman–Crippen LogP) is 4.71. The van der Waals surface area contributed by atoms with Gasteiger partial charge in [-0.05, 0) is 61.4 Å². The molecule has 2 bridgehead atoms. The van der Waals surface area contributed by atoms with Crippen molar-refractivity contribution in [3.8, 4) is 10.9 Å². The van der Waals surface area contributed by atoms with E-state index in [2.05, 4.69) is 28.1 Å². The van der Waals surface area contributed by atoms with Crippen molar-refractivity contribution >= 4 is 27.5 Å². The number of hydrogen-bond donors (Lipinski definition) is 1. The number of benzene rings is 2. The smallest absolute Gasteiger partial charge is 0.279 e. The van der Waals surface area contributed by atoms with Crippen molar-refractivity contribution in [1.82, 2.24) is 9.88 Å². The fourth-order valence-corrected chi connectivity index (χ4v) is 5.80. The number of amides is 1. The molecule has 2 saturated heterocycles. The first-order valence-corrected chi connectivity index (χ1v) is 11.1. The van der Waals surface area contributed by atoms with E-state index in [4.69, 9.17) is 10.5 Å². The van der Waals surface area contributed by atoms with Gasteiger partial charge in [-0.25, -0.2) is 4.98 Å². The second-order valence-corrected chi connectivity index (χ2v) is 9.25. The molecule has 2 atom stereocenters. The summed E-state index contributed by atoms with van der Waals surface area (Å²) in [5.74, 6) is 1.12. The number of carbonyl (C=O) groups excluding carboxylic acids is 1. The van der Waals surface area contributed by atoms with Crippen molar-refractivity contribution in [2.24, 2.45) is 11.7 Å². The zero-order valence-electron chi connectivity index (χ0n) is 16.3. The molecule has 0 radical (unpaired) electrons. The molecule has 2 fully saturated rings. The number of piperidine rings is 1. The van der Waals surface area contributed by atoms with Gasteiger partial charge in [0.2, 0.25) is 5.91 Å². The van der Waals surface area contributed by atoms with E-state index in [1.54, 1.807) is 11.3 Å². The van der Waals surface area contributed by atoms with E-state index in [0.29, 0.717) is 29.6 Å². The summed E-state index contributed by atoms with van der Waals surface area (Å²) in [5.41, 5.74) is 7.69. The summed E-state index contributed by atoms with van der Waals surface area (Å²) in [6.45, 7) is 0.958. The zero-order chi connectivity index (χ0) is 19.8. The predicted molar refractivity (Wildman–Crippen MR) is 115 cm³/mol. The SMILES string of the molecule is NC(=O)CC1CC2CCC(C1)N2Cc1ccc(Oc2nc3ccccc3s2)cc1. The highest BCUT2D eigenvalue weighted by molar-refractivity contribution is 7.20. The van der Waals surface area contributed by atoms with Gasteiger partial charge in [0.25, 0.3) is 5.19 Å². The van der Waals surface area contributed by atoms with Gasteiger partial charge >= 0.3 is 0 Å². The largest absolute Gasteiger partial charge is 0.431 e. The number of ether oxygens (including phenoxy) is 1. The van der Waals surface area contributed by atoms with Crippen molar-refractivity contribution in [1.29, 1.82) is 0 Å². The third-order valence-corrected chi connectivity index (χ3v) is 7.15. The van der Waals surface area contributed by atoms with Crippen LogP contribution in [-0.4, -0.2) is 27.9 Å². The van der Waals surface area contributed by atoms with Crippen LogP contribution in [0.1, 0.15) is 37.7 Å². The summed E-state index contributed by atoms with van der Waals surface area (Å²) < 4.78 is 7.10. The molecule has 0 saturated carbocycles. The van der Waals surface area contributed by atoms with Gasteiger partial charge in [0.05, 0.1) is 10.2 Å². The minimum Gasteiger partial charge on any atom is -0.431 e. The fraction of sp³-hybridized carbons (Fsp3) is 0.391. The van der Waals surface area contributed by atoms with Crippen LogP contribution in [0.2, 0.25) is 0 Å². The first-order chi connectivity index (χ1) is 14.1. The molecule has 29 heavy (non-hydrogen) atoms. The molecule has 3 aromatic rings. The lowest BCUT2D eigenvalue weighted by atomic mass is 9.87. The Balaban J connectivity index is 1.22.